The molecule has 158 valence electrons. The molecule has 2 unspecified atom stereocenters. The average Bonchev–Trinajstić information content (AvgIpc) is 3.37. The van der Waals surface area contributed by atoms with Gasteiger partial charge in [0.25, 0.3) is 5.91 Å². The van der Waals surface area contributed by atoms with Gasteiger partial charge in [0.2, 0.25) is 5.91 Å². The molecule has 4 heterocycles. The lowest BCUT2D eigenvalue weighted by atomic mass is 9.83. The Morgan fingerprint density at radius 2 is 1.90 bits per heavy atom. The maximum Gasteiger partial charge on any atom is 0.289 e. The van der Waals surface area contributed by atoms with Crippen LogP contribution in [0.5, 0.6) is 0 Å². The summed E-state index contributed by atoms with van der Waals surface area (Å²) in [5.74, 6) is -0.0275. The standard InChI is InChI=1S/C24H24N4O3/c29-23(26-15-17-7-9-25-10-8-17)19-14-18-4-1-2-5-20(18)28-12-11-27(16-21(19)28)24(30)22-6-3-13-31-22/h1-10,13,19,21H,11-12,14-16H2,(H,26,29). The van der Waals surface area contributed by atoms with Gasteiger partial charge in [0, 0.05) is 44.3 Å². The first-order chi connectivity index (χ1) is 15.2. The maximum atomic E-state index is 13.3. The van der Waals surface area contributed by atoms with Crippen molar-refractivity contribution in [1.29, 1.82) is 0 Å². The average molecular weight is 416 g/mol. The van der Waals surface area contributed by atoms with Crippen LogP contribution in [0.4, 0.5) is 5.69 Å². The van der Waals surface area contributed by atoms with Gasteiger partial charge in [-0.15, -0.1) is 0 Å². The number of amides is 2. The van der Waals surface area contributed by atoms with Crippen LogP contribution in [0, 0.1) is 5.92 Å². The lowest BCUT2D eigenvalue weighted by Gasteiger charge is -2.48. The predicted molar refractivity (Wildman–Crippen MR) is 115 cm³/mol. The summed E-state index contributed by atoms with van der Waals surface area (Å²) in [6, 6.07) is 15.4. The number of pyridine rings is 1. The molecular weight excluding hydrogens is 392 g/mol. The molecule has 3 aromatic rings. The first kappa shape index (κ1) is 19.4. The third-order valence-corrected chi connectivity index (χ3v) is 6.20. The van der Waals surface area contributed by atoms with Gasteiger partial charge in [-0.2, -0.15) is 0 Å². The quantitative estimate of drug-likeness (QED) is 0.707. The van der Waals surface area contributed by atoms with Crippen LogP contribution >= 0.6 is 0 Å². The smallest absolute Gasteiger partial charge is 0.289 e. The second-order valence-corrected chi connectivity index (χ2v) is 8.00. The molecule has 2 aliphatic rings. The number of rotatable bonds is 4. The predicted octanol–water partition coefficient (Wildman–Crippen LogP) is 2.49. The van der Waals surface area contributed by atoms with E-state index < -0.39 is 0 Å². The van der Waals surface area contributed by atoms with Gasteiger partial charge >= 0.3 is 0 Å². The van der Waals surface area contributed by atoms with Crippen molar-refractivity contribution in [3.63, 3.8) is 0 Å². The van der Waals surface area contributed by atoms with Gasteiger partial charge in [0.05, 0.1) is 18.2 Å². The highest BCUT2D eigenvalue weighted by molar-refractivity contribution is 5.92. The Bertz CT molecular complexity index is 1070. The Labute approximate surface area is 180 Å². The zero-order valence-electron chi connectivity index (χ0n) is 17.1. The number of carbonyl (C=O) groups is 2. The van der Waals surface area contributed by atoms with E-state index in [0.717, 1.165) is 11.3 Å². The number of nitrogens with one attached hydrogen (secondary N) is 1. The van der Waals surface area contributed by atoms with Crippen molar-refractivity contribution in [2.24, 2.45) is 5.92 Å². The SMILES string of the molecule is O=C(NCc1ccncc1)C1Cc2ccccc2N2CCN(C(=O)c3ccco3)CC12. The fraction of sp³-hybridized carbons (Fsp3) is 0.292. The molecule has 0 spiro atoms. The Morgan fingerprint density at radius 3 is 2.71 bits per heavy atom. The van der Waals surface area contributed by atoms with Gasteiger partial charge in [0.15, 0.2) is 5.76 Å². The van der Waals surface area contributed by atoms with Crippen molar-refractivity contribution >= 4 is 17.5 Å². The molecule has 1 fully saturated rings. The van der Waals surface area contributed by atoms with Crippen molar-refractivity contribution in [2.75, 3.05) is 24.5 Å². The van der Waals surface area contributed by atoms with Gasteiger partial charge in [0.1, 0.15) is 0 Å². The fourth-order valence-electron chi connectivity index (χ4n) is 4.62. The highest BCUT2D eigenvalue weighted by atomic mass is 16.3. The Morgan fingerprint density at radius 1 is 1.06 bits per heavy atom. The lowest BCUT2D eigenvalue weighted by Crippen LogP contribution is -2.62. The third-order valence-electron chi connectivity index (χ3n) is 6.20. The fourth-order valence-corrected chi connectivity index (χ4v) is 4.62. The Hall–Kier alpha value is -3.61. The molecule has 1 saturated heterocycles. The number of anilines is 1. The highest BCUT2D eigenvalue weighted by Crippen LogP contribution is 2.36. The van der Waals surface area contributed by atoms with Crippen LogP contribution in [0.1, 0.15) is 21.7 Å². The molecule has 0 saturated carbocycles. The molecule has 2 aliphatic heterocycles. The Balaban J connectivity index is 1.38. The molecule has 5 rings (SSSR count). The second-order valence-electron chi connectivity index (χ2n) is 8.00. The molecule has 7 nitrogen and oxygen atoms in total. The summed E-state index contributed by atoms with van der Waals surface area (Å²) >= 11 is 0. The summed E-state index contributed by atoms with van der Waals surface area (Å²) in [6.07, 6.45) is 5.61. The number of fused-ring (bicyclic) bond motifs is 3. The van der Waals surface area contributed by atoms with Gasteiger partial charge in [-0.05, 0) is 47.9 Å². The number of carbonyl (C=O) groups excluding carboxylic acids is 2. The normalized spacial score (nSPS) is 20.0. The van der Waals surface area contributed by atoms with E-state index in [0.29, 0.717) is 38.4 Å². The van der Waals surface area contributed by atoms with Gasteiger partial charge in [-0.25, -0.2) is 0 Å². The van der Waals surface area contributed by atoms with Crippen molar-refractivity contribution < 1.29 is 14.0 Å². The zero-order chi connectivity index (χ0) is 21.2. The summed E-state index contributed by atoms with van der Waals surface area (Å²) in [5.41, 5.74) is 3.35. The molecule has 2 amide bonds. The molecule has 31 heavy (non-hydrogen) atoms. The van der Waals surface area contributed by atoms with E-state index in [4.69, 9.17) is 4.42 Å². The number of hydrogen-bond acceptors (Lipinski definition) is 5. The van der Waals surface area contributed by atoms with E-state index in [-0.39, 0.29) is 23.8 Å². The number of hydrogen-bond donors (Lipinski definition) is 1. The zero-order valence-corrected chi connectivity index (χ0v) is 17.1. The number of nitrogens with zero attached hydrogens (tertiary/aromatic N) is 3. The number of benzene rings is 1. The third kappa shape index (κ3) is 3.79. The molecule has 0 aliphatic carbocycles. The summed E-state index contributed by atoms with van der Waals surface area (Å²) in [5, 5.41) is 3.09. The van der Waals surface area contributed by atoms with Gasteiger partial charge in [-0.1, -0.05) is 18.2 Å². The number of furan rings is 1. The van der Waals surface area contributed by atoms with E-state index in [1.807, 2.05) is 24.3 Å². The van der Waals surface area contributed by atoms with Crippen LogP contribution in [-0.4, -0.2) is 47.4 Å². The second kappa shape index (κ2) is 8.26. The van der Waals surface area contributed by atoms with Crippen molar-refractivity contribution in [1.82, 2.24) is 15.2 Å². The monoisotopic (exact) mass is 416 g/mol. The number of para-hydroxylation sites is 1. The molecule has 2 atom stereocenters. The van der Waals surface area contributed by atoms with Gasteiger partial charge in [-0.3, -0.25) is 14.6 Å². The van der Waals surface area contributed by atoms with Crippen molar-refractivity contribution in [2.45, 2.75) is 19.0 Å². The molecular formula is C24H24N4O3. The molecule has 1 aromatic carbocycles. The van der Waals surface area contributed by atoms with E-state index in [9.17, 15) is 9.59 Å². The largest absolute Gasteiger partial charge is 0.459 e. The van der Waals surface area contributed by atoms with Gasteiger partial charge < -0.3 is 19.5 Å². The van der Waals surface area contributed by atoms with Crippen LogP contribution in [-0.2, 0) is 17.8 Å². The molecule has 0 bridgehead atoms. The summed E-state index contributed by atoms with van der Waals surface area (Å²) < 4.78 is 5.31. The Kier molecular flexibility index (Phi) is 5.16. The summed E-state index contributed by atoms with van der Waals surface area (Å²) in [4.78, 5) is 34.3. The van der Waals surface area contributed by atoms with E-state index >= 15 is 0 Å². The van der Waals surface area contributed by atoms with Crippen molar-refractivity contribution in [3.05, 3.63) is 84.1 Å². The first-order valence-electron chi connectivity index (χ1n) is 10.5. The topological polar surface area (TPSA) is 78.7 Å². The van der Waals surface area contributed by atoms with Crippen LogP contribution in [0.3, 0.4) is 0 Å². The number of piperazine rings is 1. The van der Waals surface area contributed by atoms with Crippen LogP contribution in [0.25, 0.3) is 0 Å². The summed E-state index contributed by atoms with van der Waals surface area (Å²) in [6.45, 7) is 2.22. The van der Waals surface area contributed by atoms with Crippen molar-refractivity contribution in [3.8, 4) is 0 Å². The minimum Gasteiger partial charge on any atom is -0.459 e. The molecule has 0 radical (unpaired) electrons. The van der Waals surface area contributed by atoms with Crippen LogP contribution in [0.15, 0.2) is 71.6 Å². The molecule has 2 aromatic heterocycles. The lowest BCUT2D eigenvalue weighted by molar-refractivity contribution is -0.126. The maximum absolute atomic E-state index is 13.3. The van der Waals surface area contributed by atoms with Crippen LogP contribution in [0.2, 0.25) is 0 Å². The highest BCUT2D eigenvalue weighted by Gasteiger charge is 2.42. The van der Waals surface area contributed by atoms with Crippen LogP contribution < -0.4 is 10.2 Å². The molecule has 1 N–H and O–H groups in total. The van der Waals surface area contributed by atoms with E-state index in [2.05, 4.69) is 27.3 Å². The first-order valence-corrected chi connectivity index (χ1v) is 10.5. The summed E-state index contributed by atoms with van der Waals surface area (Å²) in [7, 11) is 0. The minimum atomic E-state index is -0.246. The van der Waals surface area contributed by atoms with E-state index in [1.165, 1.54) is 11.8 Å². The minimum absolute atomic E-state index is 0.00797. The number of aromatic nitrogens is 1. The van der Waals surface area contributed by atoms with E-state index in [1.54, 1.807) is 29.4 Å². The molecule has 7 heteroatoms.